The Bertz CT molecular complexity index is 814. The van der Waals surface area contributed by atoms with E-state index in [0.717, 1.165) is 23.1 Å². The molecule has 3 rings (SSSR count). The van der Waals surface area contributed by atoms with Gasteiger partial charge in [0.15, 0.2) is 0 Å². The van der Waals surface area contributed by atoms with E-state index in [1.807, 2.05) is 24.3 Å². The molecule has 116 valence electrons. The lowest BCUT2D eigenvalue weighted by Gasteiger charge is -2.04. The molecule has 0 atom stereocenters. The first-order valence-corrected chi connectivity index (χ1v) is 7.60. The molecule has 0 fully saturated rings. The van der Waals surface area contributed by atoms with Gasteiger partial charge in [-0.25, -0.2) is 4.39 Å². The molecule has 1 aliphatic rings. The standard InChI is InChI=1S/C20H17FO2/c1-2-13-3-5-14(6-4-13)9-15-10-16(11-20(22)23)19-12-17(21)7-8-18(15)19/h3-10,12H,2,11H2,1H3,(H,22,23)/b15-9+. The van der Waals surface area contributed by atoms with Gasteiger partial charge in [-0.15, -0.1) is 0 Å². The van der Waals surface area contributed by atoms with Crippen LogP contribution in [0.5, 0.6) is 0 Å². The second-order valence-electron chi connectivity index (χ2n) is 5.62. The maximum absolute atomic E-state index is 13.5. The molecule has 23 heavy (non-hydrogen) atoms. The number of aryl methyl sites for hydroxylation is 1. The lowest BCUT2D eigenvalue weighted by Crippen LogP contribution is -1.96. The van der Waals surface area contributed by atoms with Crippen LogP contribution in [0.3, 0.4) is 0 Å². The van der Waals surface area contributed by atoms with E-state index >= 15 is 0 Å². The van der Waals surface area contributed by atoms with E-state index < -0.39 is 5.97 Å². The summed E-state index contributed by atoms with van der Waals surface area (Å²) in [4.78, 5) is 11.0. The number of carboxylic acids is 1. The average Bonchev–Trinajstić information content (AvgIpc) is 2.84. The van der Waals surface area contributed by atoms with E-state index in [2.05, 4.69) is 19.1 Å². The second kappa shape index (κ2) is 6.21. The molecule has 0 saturated carbocycles. The van der Waals surface area contributed by atoms with Gasteiger partial charge >= 0.3 is 5.97 Å². The fraction of sp³-hybridized carbons (Fsp3) is 0.150. The van der Waals surface area contributed by atoms with E-state index in [-0.39, 0.29) is 12.2 Å². The molecule has 0 unspecified atom stereocenters. The summed E-state index contributed by atoms with van der Waals surface area (Å²) >= 11 is 0. The van der Waals surface area contributed by atoms with Gasteiger partial charge in [-0.1, -0.05) is 37.3 Å². The van der Waals surface area contributed by atoms with Gasteiger partial charge in [0.2, 0.25) is 0 Å². The van der Waals surface area contributed by atoms with Crippen molar-refractivity contribution >= 4 is 23.2 Å². The molecular formula is C20H17FO2. The topological polar surface area (TPSA) is 37.3 Å². The SMILES string of the molecule is CCc1ccc(/C=C2\C=C(CC(=O)O)c3cc(F)ccc32)cc1. The van der Waals surface area contributed by atoms with Crippen molar-refractivity contribution in [2.75, 3.05) is 0 Å². The molecule has 3 heteroatoms. The summed E-state index contributed by atoms with van der Waals surface area (Å²) in [6.45, 7) is 2.11. The minimum absolute atomic E-state index is 0.109. The third kappa shape index (κ3) is 3.24. The van der Waals surface area contributed by atoms with Gasteiger partial charge in [0, 0.05) is 0 Å². The summed E-state index contributed by atoms with van der Waals surface area (Å²) in [5.74, 6) is -1.27. The Morgan fingerprint density at radius 1 is 1.13 bits per heavy atom. The molecule has 1 N–H and O–H groups in total. The monoisotopic (exact) mass is 308 g/mol. The first-order valence-electron chi connectivity index (χ1n) is 7.60. The number of benzene rings is 2. The van der Waals surface area contributed by atoms with Crippen molar-refractivity contribution in [3.8, 4) is 0 Å². The van der Waals surface area contributed by atoms with E-state index in [0.29, 0.717) is 11.1 Å². The maximum Gasteiger partial charge on any atom is 0.307 e. The number of aliphatic carboxylic acids is 1. The van der Waals surface area contributed by atoms with Crippen LogP contribution in [0.4, 0.5) is 4.39 Å². The third-order valence-corrected chi connectivity index (χ3v) is 4.02. The Hall–Kier alpha value is -2.68. The summed E-state index contributed by atoms with van der Waals surface area (Å²) in [7, 11) is 0. The van der Waals surface area contributed by atoms with E-state index in [9.17, 15) is 9.18 Å². The number of carbonyl (C=O) groups is 1. The number of carboxylic acid groups (broad SMARTS) is 1. The lowest BCUT2D eigenvalue weighted by atomic mass is 10.0. The van der Waals surface area contributed by atoms with Crippen molar-refractivity contribution in [3.63, 3.8) is 0 Å². The predicted molar refractivity (Wildman–Crippen MR) is 90.3 cm³/mol. The number of hydrogen-bond acceptors (Lipinski definition) is 1. The van der Waals surface area contributed by atoms with Crippen molar-refractivity contribution in [2.45, 2.75) is 19.8 Å². The summed E-state index contributed by atoms with van der Waals surface area (Å²) in [5.41, 5.74) is 5.42. The van der Waals surface area contributed by atoms with Crippen molar-refractivity contribution in [3.05, 3.63) is 76.6 Å². The van der Waals surface area contributed by atoms with Crippen LogP contribution in [0.25, 0.3) is 17.2 Å². The maximum atomic E-state index is 13.5. The van der Waals surface area contributed by atoms with Gasteiger partial charge in [0.05, 0.1) is 6.42 Å². The Labute approximate surface area is 134 Å². The minimum atomic E-state index is -0.917. The van der Waals surface area contributed by atoms with Crippen LogP contribution in [0.1, 0.15) is 35.6 Å². The zero-order valence-electron chi connectivity index (χ0n) is 12.8. The third-order valence-electron chi connectivity index (χ3n) is 4.02. The Balaban J connectivity index is 2.03. The summed E-state index contributed by atoms with van der Waals surface area (Å²) in [5, 5.41) is 9.05. The molecule has 1 aliphatic carbocycles. The smallest absolute Gasteiger partial charge is 0.307 e. The fourth-order valence-corrected chi connectivity index (χ4v) is 2.83. The van der Waals surface area contributed by atoms with Crippen LogP contribution in [-0.4, -0.2) is 11.1 Å². The summed E-state index contributed by atoms with van der Waals surface area (Å²) < 4.78 is 13.5. The molecule has 2 aromatic rings. The van der Waals surface area contributed by atoms with Crippen molar-refractivity contribution in [2.24, 2.45) is 0 Å². The highest BCUT2D eigenvalue weighted by molar-refractivity contribution is 6.04. The summed E-state index contributed by atoms with van der Waals surface area (Å²) in [6, 6.07) is 12.8. The quantitative estimate of drug-likeness (QED) is 0.881. The van der Waals surface area contributed by atoms with E-state index in [4.69, 9.17) is 5.11 Å². The molecule has 0 radical (unpaired) electrons. The fourth-order valence-electron chi connectivity index (χ4n) is 2.83. The van der Waals surface area contributed by atoms with Gasteiger partial charge in [-0.3, -0.25) is 4.79 Å². The largest absolute Gasteiger partial charge is 0.481 e. The molecule has 0 heterocycles. The van der Waals surface area contributed by atoms with Gasteiger partial charge in [0.1, 0.15) is 5.82 Å². The molecule has 0 amide bonds. The lowest BCUT2D eigenvalue weighted by molar-refractivity contribution is -0.135. The first-order chi connectivity index (χ1) is 11.1. The van der Waals surface area contributed by atoms with Crippen molar-refractivity contribution in [1.29, 1.82) is 0 Å². The Kier molecular flexibility index (Phi) is 4.11. The molecule has 2 aromatic carbocycles. The normalized spacial score (nSPS) is 14.7. The minimum Gasteiger partial charge on any atom is -0.481 e. The first kappa shape index (κ1) is 15.2. The van der Waals surface area contributed by atoms with Crippen LogP contribution in [0, 0.1) is 5.82 Å². The number of allylic oxidation sites excluding steroid dienone is 2. The second-order valence-corrected chi connectivity index (χ2v) is 5.62. The van der Waals surface area contributed by atoms with Crippen LogP contribution in [0.2, 0.25) is 0 Å². The molecule has 0 spiro atoms. The zero-order valence-corrected chi connectivity index (χ0v) is 12.8. The van der Waals surface area contributed by atoms with Crippen LogP contribution in [-0.2, 0) is 11.2 Å². The highest BCUT2D eigenvalue weighted by Crippen LogP contribution is 2.38. The highest BCUT2D eigenvalue weighted by Gasteiger charge is 2.20. The van der Waals surface area contributed by atoms with Crippen molar-refractivity contribution < 1.29 is 14.3 Å². The van der Waals surface area contributed by atoms with Gasteiger partial charge in [-0.2, -0.15) is 0 Å². The molecule has 0 saturated heterocycles. The molecule has 0 aliphatic heterocycles. The number of rotatable bonds is 4. The number of halogens is 1. The number of fused-ring (bicyclic) bond motifs is 1. The van der Waals surface area contributed by atoms with Crippen LogP contribution in [0.15, 0.2) is 48.5 Å². The molecule has 0 aromatic heterocycles. The number of hydrogen-bond donors (Lipinski definition) is 1. The van der Waals surface area contributed by atoms with Crippen molar-refractivity contribution in [1.82, 2.24) is 0 Å². The van der Waals surface area contributed by atoms with Crippen LogP contribution >= 0.6 is 0 Å². The highest BCUT2D eigenvalue weighted by atomic mass is 19.1. The summed E-state index contributed by atoms with van der Waals surface area (Å²) in [6.07, 6.45) is 4.72. The van der Waals surface area contributed by atoms with Gasteiger partial charge in [0.25, 0.3) is 0 Å². The molecule has 2 nitrogen and oxygen atoms in total. The molecule has 0 bridgehead atoms. The van der Waals surface area contributed by atoms with E-state index in [1.54, 1.807) is 6.07 Å². The average molecular weight is 308 g/mol. The zero-order chi connectivity index (χ0) is 16.4. The molecular weight excluding hydrogens is 291 g/mol. The van der Waals surface area contributed by atoms with E-state index in [1.165, 1.54) is 17.7 Å². The Morgan fingerprint density at radius 3 is 2.52 bits per heavy atom. The van der Waals surface area contributed by atoms with Gasteiger partial charge < -0.3 is 5.11 Å². The van der Waals surface area contributed by atoms with Gasteiger partial charge in [-0.05, 0) is 64.1 Å². The predicted octanol–water partition coefficient (Wildman–Crippen LogP) is 4.80. The van der Waals surface area contributed by atoms with Crippen LogP contribution < -0.4 is 0 Å². The Morgan fingerprint density at radius 2 is 1.87 bits per heavy atom.